The van der Waals surface area contributed by atoms with Crippen molar-refractivity contribution in [3.63, 3.8) is 0 Å². The summed E-state index contributed by atoms with van der Waals surface area (Å²) in [6, 6.07) is 15.8. The molecule has 0 bridgehead atoms. The summed E-state index contributed by atoms with van der Waals surface area (Å²) in [7, 11) is 3.62. The van der Waals surface area contributed by atoms with Crippen molar-refractivity contribution in [2.75, 3.05) is 19.0 Å². The third-order valence-corrected chi connectivity index (χ3v) is 5.68. The van der Waals surface area contributed by atoms with E-state index < -0.39 is 0 Å². The number of allylic oxidation sites excluding steroid dienone is 2. The Morgan fingerprint density at radius 3 is 1.91 bits per heavy atom. The molecule has 2 aromatic carbocycles. The summed E-state index contributed by atoms with van der Waals surface area (Å²) in [6.07, 6.45) is 2.18. The van der Waals surface area contributed by atoms with E-state index in [0.29, 0.717) is 0 Å². The van der Waals surface area contributed by atoms with Gasteiger partial charge in [0.15, 0.2) is 5.78 Å². The molecule has 0 spiro atoms. The van der Waals surface area contributed by atoms with E-state index in [-0.39, 0.29) is 15.3 Å². The van der Waals surface area contributed by atoms with Gasteiger partial charge in [0.1, 0.15) is 0 Å². The van der Waals surface area contributed by atoms with Crippen molar-refractivity contribution in [1.29, 1.82) is 0 Å². The molecule has 0 aromatic heterocycles. The van der Waals surface area contributed by atoms with Gasteiger partial charge in [0.05, 0.1) is 9.52 Å². The number of nitrogens with zero attached hydrogens (tertiary/aromatic N) is 1. The zero-order chi connectivity index (χ0) is 16.1. The third kappa shape index (κ3) is 3.95. The molecule has 0 unspecified atom stereocenters. The van der Waals surface area contributed by atoms with Crippen LogP contribution in [-0.2, 0) is 0 Å². The highest BCUT2D eigenvalue weighted by Crippen LogP contribution is 2.15. The average Bonchev–Trinajstić information content (AvgIpc) is 2.55. The molecule has 22 heavy (non-hydrogen) atoms. The molecule has 0 aliphatic carbocycles. The number of hydrogen-bond acceptors (Lipinski definition) is 2. The van der Waals surface area contributed by atoms with Crippen LogP contribution >= 0.6 is 0 Å². The number of rotatable bonds is 5. The van der Waals surface area contributed by atoms with Crippen LogP contribution in [0.5, 0.6) is 0 Å². The van der Waals surface area contributed by atoms with E-state index in [4.69, 9.17) is 0 Å². The highest BCUT2D eigenvalue weighted by atomic mass is 28.2. The van der Waals surface area contributed by atoms with Crippen molar-refractivity contribution in [3.05, 3.63) is 70.9 Å². The fourth-order valence-corrected chi connectivity index (χ4v) is 3.60. The molecule has 0 N–H and O–H groups in total. The lowest BCUT2D eigenvalue weighted by atomic mass is 10.0. The molecule has 2 nitrogen and oxygen atoms in total. The minimum atomic E-state index is -0.361. The van der Waals surface area contributed by atoms with Gasteiger partial charge in [-0.15, -0.1) is 0 Å². The summed E-state index contributed by atoms with van der Waals surface area (Å²) in [6.45, 7) is 4.26. The Labute approximate surface area is 135 Å². The Morgan fingerprint density at radius 1 is 0.955 bits per heavy atom. The molecule has 0 saturated heterocycles. The van der Waals surface area contributed by atoms with Crippen LogP contribution in [0.15, 0.2) is 59.8 Å². The standard InChI is InChI=1S/C19H23NOSi/c1-5-14(2)22-18-12-8-16(9-13-18)19(21)15-6-10-17(11-7-15)20(3)4/h5-13H,22H2,1-4H3/b14-5+. The second kappa shape index (κ2) is 7.23. The molecule has 0 saturated carbocycles. The van der Waals surface area contributed by atoms with Gasteiger partial charge < -0.3 is 4.90 Å². The molecule has 0 amide bonds. The fourth-order valence-electron chi connectivity index (χ4n) is 2.28. The predicted octanol–water partition coefficient (Wildman–Crippen LogP) is 2.70. The van der Waals surface area contributed by atoms with Gasteiger partial charge in [-0.2, -0.15) is 0 Å². The molecule has 0 atom stereocenters. The van der Waals surface area contributed by atoms with Crippen molar-refractivity contribution in [2.24, 2.45) is 0 Å². The molecular weight excluding hydrogens is 286 g/mol. The van der Waals surface area contributed by atoms with Gasteiger partial charge >= 0.3 is 0 Å². The van der Waals surface area contributed by atoms with Crippen molar-refractivity contribution >= 4 is 26.2 Å². The molecular formula is C19H23NOSi. The van der Waals surface area contributed by atoms with E-state index in [1.54, 1.807) is 0 Å². The van der Waals surface area contributed by atoms with Crippen LogP contribution in [0, 0.1) is 0 Å². The van der Waals surface area contributed by atoms with Crippen LogP contribution < -0.4 is 10.1 Å². The Morgan fingerprint density at radius 2 is 1.45 bits per heavy atom. The van der Waals surface area contributed by atoms with Crippen molar-refractivity contribution in [2.45, 2.75) is 13.8 Å². The van der Waals surface area contributed by atoms with Crippen molar-refractivity contribution < 1.29 is 4.79 Å². The summed E-state index contributed by atoms with van der Waals surface area (Å²) in [5, 5.41) is 2.84. The SMILES string of the molecule is C/C=C(\C)[SiH2]c1ccc(C(=O)c2ccc(N(C)C)cc2)cc1. The first-order chi connectivity index (χ1) is 10.5. The molecule has 0 radical (unpaired) electrons. The van der Waals surface area contributed by atoms with Gasteiger partial charge in [0.25, 0.3) is 0 Å². The van der Waals surface area contributed by atoms with E-state index in [1.165, 1.54) is 10.4 Å². The number of carbonyl (C=O) groups excluding carboxylic acids is 1. The van der Waals surface area contributed by atoms with E-state index in [0.717, 1.165) is 16.8 Å². The van der Waals surface area contributed by atoms with Gasteiger partial charge in [0.2, 0.25) is 0 Å². The number of hydrogen-bond donors (Lipinski definition) is 0. The third-order valence-electron chi connectivity index (χ3n) is 3.84. The van der Waals surface area contributed by atoms with E-state index in [2.05, 4.69) is 32.1 Å². The molecule has 2 rings (SSSR count). The Bertz CT molecular complexity index is 670. The quantitative estimate of drug-likeness (QED) is 0.625. The monoisotopic (exact) mass is 309 g/mol. The normalized spacial score (nSPS) is 11.9. The lowest BCUT2D eigenvalue weighted by molar-refractivity contribution is 0.103. The fraction of sp³-hybridized carbons (Fsp3) is 0.211. The predicted molar refractivity (Wildman–Crippen MR) is 98.3 cm³/mol. The van der Waals surface area contributed by atoms with Crippen molar-refractivity contribution in [3.8, 4) is 0 Å². The summed E-state index contributed by atoms with van der Waals surface area (Å²) in [4.78, 5) is 14.5. The topological polar surface area (TPSA) is 20.3 Å². The minimum absolute atomic E-state index is 0.0845. The number of anilines is 1. The molecule has 114 valence electrons. The van der Waals surface area contributed by atoms with Crippen LogP contribution in [0.25, 0.3) is 0 Å². The lowest BCUT2D eigenvalue weighted by Crippen LogP contribution is -2.15. The smallest absolute Gasteiger partial charge is 0.193 e. The molecule has 0 heterocycles. The van der Waals surface area contributed by atoms with E-state index in [1.807, 2.05) is 55.4 Å². The number of benzene rings is 2. The summed E-state index contributed by atoms with van der Waals surface area (Å²) in [5.74, 6) is 0.0845. The second-order valence-corrected chi connectivity index (χ2v) is 8.06. The molecule has 0 aliphatic heterocycles. The second-order valence-electron chi connectivity index (χ2n) is 5.78. The zero-order valence-electron chi connectivity index (χ0n) is 13.8. The Kier molecular flexibility index (Phi) is 5.34. The first-order valence-electron chi connectivity index (χ1n) is 7.54. The van der Waals surface area contributed by atoms with Gasteiger partial charge in [0, 0.05) is 30.9 Å². The molecule has 2 aromatic rings. The maximum atomic E-state index is 12.5. The van der Waals surface area contributed by atoms with Crippen LogP contribution in [0.3, 0.4) is 0 Å². The number of ketones is 1. The largest absolute Gasteiger partial charge is 0.378 e. The van der Waals surface area contributed by atoms with Crippen LogP contribution in [0.4, 0.5) is 5.69 Å². The van der Waals surface area contributed by atoms with Crippen LogP contribution in [-0.4, -0.2) is 29.4 Å². The highest BCUT2D eigenvalue weighted by molar-refractivity contribution is 6.60. The zero-order valence-corrected chi connectivity index (χ0v) is 15.2. The Balaban J connectivity index is 2.15. The van der Waals surface area contributed by atoms with Crippen LogP contribution in [0.1, 0.15) is 29.8 Å². The molecule has 0 aliphatic rings. The minimum Gasteiger partial charge on any atom is -0.378 e. The van der Waals surface area contributed by atoms with Gasteiger partial charge in [-0.3, -0.25) is 4.79 Å². The Hall–Kier alpha value is -2.13. The maximum absolute atomic E-state index is 12.5. The highest BCUT2D eigenvalue weighted by Gasteiger charge is 2.09. The van der Waals surface area contributed by atoms with Gasteiger partial charge in [-0.1, -0.05) is 40.7 Å². The van der Waals surface area contributed by atoms with E-state index in [9.17, 15) is 4.79 Å². The molecule has 3 heteroatoms. The van der Waals surface area contributed by atoms with Gasteiger partial charge in [-0.25, -0.2) is 0 Å². The van der Waals surface area contributed by atoms with Gasteiger partial charge in [-0.05, 0) is 38.1 Å². The van der Waals surface area contributed by atoms with Crippen molar-refractivity contribution in [1.82, 2.24) is 0 Å². The first kappa shape index (κ1) is 16.2. The maximum Gasteiger partial charge on any atom is 0.193 e. The summed E-state index contributed by atoms with van der Waals surface area (Å²) in [5.41, 5.74) is 2.59. The summed E-state index contributed by atoms with van der Waals surface area (Å²) < 4.78 is 0. The number of carbonyl (C=O) groups is 1. The first-order valence-corrected chi connectivity index (χ1v) is 8.95. The molecule has 0 fully saturated rings. The lowest BCUT2D eigenvalue weighted by Gasteiger charge is -2.12. The van der Waals surface area contributed by atoms with Crippen LogP contribution in [0.2, 0.25) is 0 Å². The average molecular weight is 309 g/mol. The van der Waals surface area contributed by atoms with E-state index >= 15 is 0 Å². The summed E-state index contributed by atoms with van der Waals surface area (Å²) >= 11 is 0.